The van der Waals surface area contributed by atoms with Gasteiger partial charge in [-0.1, -0.05) is 12.1 Å². The van der Waals surface area contributed by atoms with E-state index in [1.165, 1.54) is 12.1 Å². The van der Waals surface area contributed by atoms with E-state index in [4.69, 9.17) is 0 Å². The topological polar surface area (TPSA) is 75.5 Å². The number of carbonyl (C=O) groups is 1. The number of nitrogens with one attached hydrogen (secondary N) is 1. The van der Waals surface area contributed by atoms with Crippen molar-refractivity contribution in [2.24, 2.45) is 0 Å². The standard InChI is InChI=1S/C13H19N3O3.ClH/c1-10(2)15(13(17)8-14-3)9-11-4-6-12(7-5-11)16(18)19;/h4-7,10,14H,8-9H2,1-3H3;1H. The zero-order valence-corrected chi connectivity index (χ0v) is 12.6. The highest BCUT2D eigenvalue weighted by atomic mass is 35.5. The highest BCUT2D eigenvalue weighted by Gasteiger charge is 2.16. The van der Waals surface area contributed by atoms with Crippen molar-refractivity contribution in [3.05, 3.63) is 39.9 Å². The van der Waals surface area contributed by atoms with Gasteiger partial charge in [-0.15, -0.1) is 12.4 Å². The number of non-ortho nitro benzene ring substituents is 1. The van der Waals surface area contributed by atoms with E-state index in [1.54, 1.807) is 24.1 Å². The second-order valence-electron chi connectivity index (χ2n) is 4.57. The minimum atomic E-state index is -0.434. The lowest BCUT2D eigenvalue weighted by Gasteiger charge is -2.26. The summed E-state index contributed by atoms with van der Waals surface area (Å²) in [6.45, 7) is 4.62. The predicted molar refractivity (Wildman–Crippen MR) is 80.0 cm³/mol. The first kappa shape index (κ1) is 18.3. The first-order valence-electron chi connectivity index (χ1n) is 6.13. The average Bonchev–Trinajstić information content (AvgIpc) is 2.36. The largest absolute Gasteiger partial charge is 0.335 e. The van der Waals surface area contributed by atoms with Crippen molar-refractivity contribution >= 4 is 24.0 Å². The molecule has 1 N–H and O–H groups in total. The third-order valence-corrected chi connectivity index (χ3v) is 2.77. The number of hydrogen-bond acceptors (Lipinski definition) is 4. The van der Waals surface area contributed by atoms with Crippen LogP contribution in [0.4, 0.5) is 5.69 Å². The second kappa shape index (κ2) is 8.50. The molecule has 0 aliphatic heterocycles. The number of nitrogens with zero attached hydrogens (tertiary/aromatic N) is 2. The molecule has 0 unspecified atom stereocenters. The van der Waals surface area contributed by atoms with Gasteiger partial charge in [-0.05, 0) is 26.5 Å². The number of carbonyl (C=O) groups excluding carboxylic acids is 1. The Balaban J connectivity index is 0.00000361. The van der Waals surface area contributed by atoms with Crippen LogP contribution in [0.3, 0.4) is 0 Å². The van der Waals surface area contributed by atoms with Crippen LogP contribution in [0.1, 0.15) is 19.4 Å². The van der Waals surface area contributed by atoms with Crippen molar-refractivity contribution in [1.29, 1.82) is 0 Å². The van der Waals surface area contributed by atoms with Gasteiger partial charge in [0.1, 0.15) is 0 Å². The summed E-state index contributed by atoms with van der Waals surface area (Å²) < 4.78 is 0. The number of amides is 1. The van der Waals surface area contributed by atoms with Gasteiger partial charge in [0.05, 0.1) is 11.5 Å². The fourth-order valence-corrected chi connectivity index (χ4v) is 1.73. The van der Waals surface area contributed by atoms with Gasteiger partial charge in [0, 0.05) is 24.7 Å². The molecule has 6 nitrogen and oxygen atoms in total. The number of hydrogen-bond donors (Lipinski definition) is 1. The molecule has 0 aromatic heterocycles. The van der Waals surface area contributed by atoms with Gasteiger partial charge in [-0.2, -0.15) is 0 Å². The van der Waals surface area contributed by atoms with Crippen molar-refractivity contribution in [1.82, 2.24) is 10.2 Å². The SMILES string of the molecule is CNCC(=O)N(Cc1ccc([N+](=O)[O-])cc1)C(C)C.Cl. The van der Waals surface area contributed by atoms with E-state index >= 15 is 0 Å². The highest BCUT2D eigenvalue weighted by Crippen LogP contribution is 2.14. The smallest absolute Gasteiger partial charge is 0.269 e. The van der Waals surface area contributed by atoms with Crippen LogP contribution < -0.4 is 5.32 Å². The molecular formula is C13H20ClN3O3. The molecule has 0 bridgehead atoms. The molecule has 0 aliphatic rings. The molecule has 0 aliphatic carbocycles. The maximum Gasteiger partial charge on any atom is 0.269 e. The Morgan fingerprint density at radius 3 is 2.30 bits per heavy atom. The zero-order valence-electron chi connectivity index (χ0n) is 11.8. The van der Waals surface area contributed by atoms with Crippen LogP contribution in [0.25, 0.3) is 0 Å². The third kappa shape index (κ3) is 5.14. The lowest BCUT2D eigenvalue weighted by atomic mass is 10.1. The number of nitro groups is 1. The number of halogens is 1. The summed E-state index contributed by atoms with van der Waals surface area (Å²) in [5.41, 5.74) is 0.935. The predicted octanol–water partition coefficient (Wildman–Crippen LogP) is 1.97. The van der Waals surface area contributed by atoms with E-state index in [9.17, 15) is 14.9 Å². The van der Waals surface area contributed by atoms with E-state index in [1.807, 2.05) is 13.8 Å². The molecule has 1 aromatic carbocycles. The van der Waals surface area contributed by atoms with Crippen LogP contribution >= 0.6 is 12.4 Å². The van der Waals surface area contributed by atoms with Gasteiger partial charge >= 0.3 is 0 Å². The Labute approximate surface area is 124 Å². The first-order valence-corrected chi connectivity index (χ1v) is 6.13. The zero-order chi connectivity index (χ0) is 14.4. The number of nitro benzene ring substituents is 1. The summed E-state index contributed by atoms with van der Waals surface area (Å²) in [5, 5.41) is 13.4. The first-order chi connectivity index (χ1) is 8.95. The lowest BCUT2D eigenvalue weighted by Crippen LogP contribution is -2.41. The molecule has 1 rings (SSSR count). The minimum absolute atomic E-state index is 0. The molecule has 7 heteroatoms. The third-order valence-electron chi connectivity index (χ3n) is 2.77. The van der Waals surface area contributed by atoms with Gasteiger partial charge in [0.2, 0.25) is 5.91 Å². The fraction of sp³-hybridized carbons (Fsp3) is 0.462. The molecule has 0 fully saturated rings. The Bertz CT molecular complexity index is 449. The molecule has 20 heavy (non-hydrogen) atoms. The van der Waals surface area contributed by atoms with Gasteiger partial charge in [-0.25, -0.2) is 0 Å². The van der Waals surface area contributed by atoms with Crippen molar-refractivity contribution in [2.75, 3.05) is 13.6 Å². The summed E-state index contributed by atoms with van der Waals surface area (Å²) >= 11 is 0. The van der Waals surface area contributed by atoms with Crippen LogP contribution in [-0.4, -0.2) is 35.4 Å². The Morgan fingerprint density at radius 2 is 1.90 bits per heavy atom. The molecule has 112 valence electrons. The molecule has 1 amide bonds. The van der Waals surface area contributed by atoms with Crippen molar-refractivity contribution in [3.8, 4) is 0 Å². The summed E-state index contributed by atoms with van der Waals surface area (Å²) in [5.74, 6) is 0.0100. The fourth-order valence-electron chi connectivity index (χ4n) is 1.73. The van der Waals surface area contributed by atoms with E-state index in [-0.39, 0.29) is 36.6 Å². The van der Waals surface area contributed by atoms with Crippen LogP contribution in [0.15, 0.2) is 24.3 Å². The average molecular weight is 302 g/mol. The maximum absolute atomic E-state index is 11.9. The Hall–Kier alpha value is -1.66. The van der Waals surface area contributed by atoms with Gasteiger partial charge in [0.15, 0.2) is 0 Å². The van der Waals surface area contributed by atoms with Crippen LogP contribution in [0.5, 0.6) is 0 Å². The van der Waals surface area contributed by atoms with E-state index in [2.05, 4.69) is 5.32 Å². The molecule has 0 saturated carbocycles. The minimum Gasteiger partial charge on any atom is -0.335 e. The monoisotopic (exact) mass is 301 g/mol. The summed E-state index contributed by atoms with van der Waals surface area (Å²) in [6.07, 6.45) is 0. The molecule has 0 saturated heterocycles. The number of rotatable bonds is 6. The van der Waals surface area contributed by atoms with E-state index in [0.717, 1.165) is 5.56 Å². The molecule has 0 atom stereocenters. The molecule has 0 heterocycles. The number of benzene rings is 1. The second-order valence-corrected chi connectivity index (χ2v) is 4.57. The van der Waals surface area contributed by atoms with Gasteiger partial charge < -0.3 is 10.2 Å². The summed E-state index contributed by atoms with van der Waals surface area (Å²) in [7, 11) is 1.72. The molecule has 1 aromatic rings. The molecule has 0 radical (unpaired) electrons. The Kier molecular flexibility index (Phi) is 7.79. The summed E-state index contributed by atoms with van der Waals surface area (Å²) in [6, 6.07) is 6.35. The van der Waals surface area contributed by atoms with Gasteiger partial charge in [0.25, 0.3) is 5.69 Å². The quantitative estimate of drug-likeness (QED) is 0.644. The maximum atomic E-state index is 11.9. The van der Waals surface area contributed by atoms with Gasteiger partial charge in [-0.3, -0.25) is 14.9 Å². The molecular weight excluding hydrogens is 282 g/mol. The molecule has 0 spiro atoms. The van der Waals surface area contributed by atoms with Crippen LogP contribution in [0.2, 0.25) is 0 Å². The highest BCUT2D eigenvalue weighted by molar-refractivity contribution is 5.85. The Morgan fingerprint density at radius 1 is 1.35 bits per heavy atom. The van der Waals surface area contributed by atoms with E-state index in [0.29, 0.717) is 6.54 Å². The van der Waals surface area contributed by atoms with Crippen LogP contribution in [-0.2, 0) is 11.3 Å². The van der Waals surface area contributed by atoms with E-state index < -0.39 is 4.92 Å². The number of likely N-dealkylation sites (N-methyl/N-ethyl adjacent to an activating group) is 1. The van der Waals surface area contributed by atoms with Crippen molar-refractivity contribution < 1.29 is 9.72 Å². The summed E-state index contributed by atoms with van der Waals surface area (Å²) in [4.78, 5) is 23.8. The van der Waals surface area contributed by atoms with Crippen LogP contribution in [0, 0.1) is 10.1 Å². The lowest BCUT2D eigenvalue weighted by molar-refractivity contribution is -0.384. The normalized spacial score (nSPS) is 10.0. The van der Waals surface area contributed by atoms with Crippen molar-refractivity contribution in [2.45, 2.75) is 26.4 Å². The van der Waals surface area contributed by atoms with Crippen molar-refractivity contribution in [3.63, 3.8) is 0 Å².